The number of ether oxygens (including phenoxy) is 2. The van der Waals surface area contributed by atoms with Crippen LogP contribution in [0.2, 0.25) is 0 Å². The molecule has 0 bridgehead atoms. The topological polar surface area (TPSA) is 70.3 Å². The molecule has 2 N–H and O–H groups in total. The van der Waals surface area contributed by atoms with Crippen LogP contribution in [0.1, 0.15) is 39.8 Å². The molecule has 1 heterocycles. The molecule has 0 aliphatic rings. The van der Waals surface area contributed by atoms with E-state index in [0.29, 0.717) is 24.8 Å². The van der Waals surface area contributed by atoms with Gasteiger partial charge in [0, 0.05) is 25.2 Å². The highest BCUT2D eigenvalue weighted by atomic mass is 16.5. The SMILES string of the molecule is C=C\C(=C/C=C(\C=C/C)c1cnc(N)cn1)OCCCOCC.CC. The molecular weight excluding hydrogens is 314 g/mol. The third kappa shape index (κ3) is 10.1. The molecule has 0 atom stereocenters. The number of hydrogen-bond donors (Lipinski definition) is 1. The van der Waals surface area contributed by atoms with Crippen LogP contribution in [0.3, 0.4) is 0 Å². The summed E-state index contributed by atoms with van der Waals surface area (Å²) >= 11 is 0. The summed E-state index contributed by atoms with van der Waals surface area (Å²) < 4.78 is 10.9. The van der Waals surface area contributed by atoms with Crippen LogP contribution in [-0.2, 0) is 9.47 Å². The van der Waals surface area contributed by atoms with E-state index in [0.717, 1.165) is 24.3 Å². The van der Waals surface area contributed by atoms with Crippen LogP contribution < -0.4 is 5.73 Å². The zero-order valence-electron chi connectivity index (χ0n) is 15.9. The van der Waals surface area contributed by atoms with Crippen LogP contribution in [0.25, 0.3) is 5.57 Å². The summed E-state index contributed by atoms with van der Waals surface area (Å²) in [5.41, 5.74) is 7.23. The molecule has 0 spiro atoms. The molecule has 0 aliphatic carbocycles. The predicted molar refractivity (Wildman–Crippen MR) is 106 cm³/mol. The van der Waals surface area contributed by atoms with Gasteiger partial charge in [-0.3, -0.25) is 4.98 Å². The first kappa shape index (κ1) is 22.6. The van der Waals surface area contributed by atoms with Crippen LogP contribution in [0, 0.1) is 0 Å². The Kier molecular flexibility index (Phi) is 13.7. The van der Waals surface area contributed by atoms with Crippen LogP contribution in [0.4, 0.5) is 5.82 Å². The van der Waals surface area contributed by atoms with Crippen LogP contribution >= 0.6 is 0 Å². The van der Waals surface area contributed by atoms with Gasteiger partial charge in [-0.1, -0.05) is 32.6 Å². The second-order valence-electron chi connectivity index (χ2n) is 4.62. The number of aromatic nitrogens is 2. The Morgan fingerprint density at radius 3 is 2.52 bits per heavy atom. The van der Waals surface area contributed by atoms with Crippen molar-refractivity contribution < 1.29 is 9.47 Å². The van der Waals surface area contributed by atoms with E-state index in [2.05, 4.69) is 16.5 Å². The lowest BCUT2D eigenvalue weighted by atomic mass is 10.1. The monoisotopic (exact) mass is 345 g/mol. The minimum Gasteiger partial charge on any atom is -0.494 e. The van der Waals surface area contributed by atoms with Gasteiger partial charge in [0.2, 0.25) is 0 Å². The van der Waals surface area contributed by atoms with E-state index in [1.807, 2.05) is 52.0 Å². The second kappa shape index (κ2) is 15.1. The van der Waals surface area contributed by atoms with Gasteiger partial charge in [-0.15, -0.1) is 0 Å². The summed E-state index contributed by atoms with van der Waals surface area (Å²) in [4.78, 5) is 8.34. The second-order valence-corrected chi connectivity index (χ2v) is 4.62. The number of allylic oxidation sites excluding steroid dienone is 6. The number of rotatable bonds is 10. The molecule has 25 heavy (non-hydrogen) atoms. The molecule has 0 fully saturated rings. The molecule has 5 nitrogen and oxygen atoms in total. The van der Waals surface area contributed by atoms with Gasteiger partial charge in [0.05, 0.1) is 24.7 Å². The van der Waals surface area contributed by atoms with Crippen molar-refractivity contribution in [2.45, 2.75) is 34.1 Å². The summed E-state index contributed by atoms with van der Waals surface area (Å²) in [5, 5.41) is 0. The zero-order valence-corrected chi connectivity index (χ0v) is 15.9. The number of nitrogens with zero attached hydrogens (tertiary/aromatic N) is 2. The molecule has 0 radical (unpaired) electrons. The minimum absolute atomic E-state index is 0.397. The first-order chi connectivity index (χ1) is 12.2. The molecule has 1 aromatic heterocycles. The molecular formula is C20H31N3O2. The lowest BCUT2D eigenvalue weighted by molar-refractivity contribution is 0.118. The van der Waals surface area contributed by atoms with Gasteiger partial charge < -0.3 is 15.2 Å². The molecule has 0 saturated carbocycles. The first-order valence-electron chi connectivity index (χ1n) is 8.66. The Balaban J connectivity index is 0.00000277. The maximum absolute atomic E-state index is 5.66. The maximum Gasteiger partial charge on any atom is 0.141 e. The van der Waals surface area contributed by atoms with E-state index in [4.69, 9.17) is 15.2 Å². The summed E-state index contributed by atoms with van der Waals surface area (Å²) in [6.45, 7) is 13.7. The number of anilines is 1. The quantitative estimate of drug-likeness (QED) is 0.382. The van der Waals surface area contributed by atoms with E-state index in [1.165, 1.54) is 6.20 Å². The van der Waals surface area contributed by atoms with Crippen molar-refractivity contribution in [3.63, 3.8) is 0 Å². The van der Waals surface area contributed by atoms with Gasteiger partial charge in [-0.05, 0) is 32.1 Å². The molecule has 1 aromatic rings. The number of nitrogen functional groups attached to an aromatic ring is 1. The highest BCUT2D eigenvalue weighted by Crippen LogP contribution is 2.14. The lowest BCUT2D eigenvalue weighted by Crippen LogP contribution is -2.00. The molecule has 138 valence electrons. The van der Waals surface area contributed by atoms with Crippen molar-refractivity contribution in [2.75, 3.05) is 25.6 Å². The van der Waals surface area contributed by atoms with E-state index >= 15 is 0 Å². The highest BCUT2D eigenvalue weighted by Gasteiger charge is 2.00. The maximum atomic E-state index is 5.66. The highest BCUT2D eigenvalue weighted by molar-refractivity contribution is 5.72. The summed E-state index contributed by atoms with van der Waals surface area (Å²) in [5.74, 6) is 1.10. The fourth-order valence-corrected chi connectivity index (χ4v) is 1.74. The van der Waals surface area contributed by atoms with Gasteiger partial charge in [-0.2, -0.15) is 0 Å². The third-order valence-corrected chi connectivity index (χ3v) is 2.85. The predicted octanol–water partition coefficient (Wildman–Crippen LogP) is 4.56. The molecule has 0 aliphatic heterocycles. The van der Waals surface area contributed by atoms with Crippen molar-refractivity contribution in [2.24, 2.45) is 0 Å². The van der Waals surface area contributed by atoms with Crippen molar-refractivity contribution in [1.82, 2.24) is 9.97 Å². The van der Waals surface area contributed by atoms with Crippen LogP contribution in [0.5, 0.6) is 0 Å². The largest absolute Gasteiger partial charge is 0.494 e. The van der Waals surface area contributed by atoms with Gasteiger partial charge >= 0.3 is 0 Å². The molecule has 5 heteroatoms. The zero-order chi connectivity index (χ0) is 18.9. The first-order valence-corrected chi connectivity index (χ1v) is 8.66. The molecule has 1 rings (SSSR count). The van der Waals surface area contributed by atoms with E-state index in [-0.39, 0.29) is 0 Å². The van der Waals surface area contributed by atoms with Crippen molar-refractivity contribution >= 4 is 11.4 Å². The van der Waals surface area contributed by atoms with Gasteiger partial charge in [0.1, 0.15) is 11.6 Å². The Bertz CT molecular complexity index is 561. The van der Waals surface area contributed by atoms with Crippen LogP contribution in [0.15, 0.2) is 55.1 Å². The fraction of sp³-hybridized carbons (Fsp3) is 0.400. The Hall–Kier alpha value is -2.40. The average molecular weight is 345 g/mol. The third-order valence-electron chi connectivity index (χ3n) is 2.85. The standard InChI is InChI=1S/C18H25N3O2.C2H6/c1-4-8-15(17-13-21-18(19)14-20-17)9-10-16(5-2)23-12-7-11-22-6-3;1-2/h4-5,8-10,13-14H,2,6-7,11-12H2,1,3H3,(H2,19,21);1-2H3/b8-4-,15-9+,16-10+;. The summed E-state index contributed by atoms with van der Waals surface area (Å²) in [6.07, 6.45) is 13.4. The van der Waals surface area contributed by atoms with Crippen molar-refractivity contribution in [1.29, 1.82) is 0 Å². The number of hydrogen-bond acceptors (Lipinski definition) is 5. The Morgan fingerprint density at radius 1 is 1.20 bits per heavy atom. The van der Waals surface area contributed by atoms with Crippen molar-refractivity contribution in [3.8, 4) is 0 Å². The molecule has 0 amide bonds. The van der Waals surface area contributed by atoms with E-state index < -0.39 is 0 Å². The minimum atomic E-state index is 0.397. The Labute approximate surface area is 152 Å². The smallest absolute Gasteiger partial charge is 0.141 e. The van der Waals surface area contributed by atoms with Gasteiger partial charge in [-0.25, -0.2) is 4.98 Å². The molecule has 0 unspecified atom stereocenters. The van der Waals surface area contributed by atoms with Crippen LogP contribution in [-0.4, -0.2) is 29.8 Å². The van der Waals surface area contributed by atoms with E-state index in [1.54, 1.807) is 12.3 Å². The molecule has 0 aromatic carbocycles. The van der Waals surface area contributed by atoms with E-state index in [9.17, 15) is 0 Å². The van der Waals surface area contributed by atoms with Gasteiger partial charge in [0.15, 0.2) is 0 Å². The Morgan fingerprint density at radius 2 is 1.96 bits per heavy atom. The average Bonchev–Trinajstić information content (AvgIpc) is 2.65. The summed E-state index contributed by atoms with van der Waals surface area (Å²) in [7, 11) is 0. The lowest BCUT2D eigenvalue weighted by Gasteiger charge is -2.06. The van der Waals surface area contributed by atoms with Crippen molar-refractivity contribution in [3.05, 3.63) is 60.8 Å². The molecule has 0 saturated heterocycles. The van der Waals surface area contributed by atoms with Gasteiger partial charge in [0.25, 0.3) is 0 Å². The number of nitrogens with two attached hydrogens (primary N) is 1. The normalized spacial score (nSPS) is 11.8. The summed E-state index contributed by atoms with van der Waals surface area (Å²) in [6, 6.07) is 0. The fourth-order valence-electron chi connectivity index (χ4n) is 1.74.